The first-order valence-electron chi connectivity index (χ1n) is 10.6. The summed E-state index contributed by atoms with van der Waals surface area (Å²) in [6.07, 6.45) is 1.72. The van der Waals surface area contributed by atoms with Crippen LogP contribution >= 0.6 is 0 Å². The van der Waals surface area contributed by atoms with Crippen molar-refractivity contribution < 1.29 is 13.9 Å². The Morgan fingerprint density at radius 1 is 1.17 bits per heavy atom. The van der Waals surface area contributed by atoms with Gasteiger partial charge in [-0.15, -0.1) is 0 Å². The van der Waals surface area contributed by atoms with Gasteiger partial charge in [0.25, 0.3) is 0 Å². The SMILES string of the molecule is COc1ccccc1C1CN(Cc2ccco2)CC1CN(C(=O)C(C)C)C(C)C. The van der Waals surface area contributed by atoms with Gasteiger partial charge in [0.15, 0.2) is 0 Å². The molecular formula is C24H34N2O3. The number of rotatable bonds is 8. The molecule has 0 aliphatic carbocycles. The van der Waals surface area contributed by atoms with Crippen molar-refractivity contribution in [3.63, 3.8) is 0 Å². The summed E-state index contributed by atoms with van der Waals surface area (Å²) in [4.78, 5) is 17.3. The van der Waals surface area contributed by atoms with Gasteiger partial charge in [0.05, 0.1) is 19.9 Å². The second kappa shape index (κ2) is 9.49. The molecule has 1 aliphatic rings. The highest BCUT2D eigenvalue weighted by atomic mass is 16.5. The standard InChI is InChI=1S/C24H34N2O3/c1-17(2)24(27)26(18(3)4)14-19-13-25(15-20-9-8-12-29-20)16-22(19)21-10-6-7-11-23(21)28-5/h6-12,17-19,22H,13-16H2,1-5H3. The molecule has 1 fully saturated rings. The van der Waals surface area contributed by atoms with E-state index in [-0.39, 0.29) is 17.9 Å². The third kappa shape index (κ3) is 5.02. The summed E-state index contributed by atoms with van der Waals surface area (Å²) < 4.78 is 11.2. The van der Waals surface area contributed by atoms with E-state index in [4.69, 9.17) is 9.15 Å². The highest BCUT2D eigenvalue weighted by molar-refractivity contribution is 5.78. The zero-order chi connectivity index (χ0) is 21.0. The molecular weight excluding hydrogens is 364 g/mol. The summed E-state index contributed by atoms with van der Waals surface area (Å²) in [5.41, 5.74) is 1.22. The van der Waals surface area contributed by atoms with Gasteiger partial charge in [-0.2, -0.15) is 0 Å². The second-order valence-corrected chi connectivity index (χ2v) is 8.62. The van der Waals surface area contributed by atoms with Crippen LogP contribution in [0.2, 0.25) is 0 Å². The van der Waals surface area contributed by atoms with Gasteiger partial charge in [-0.1, -0.05) is 32.0 Å². The topological polar surface area (TPSA) is 45.9 Å². The van der Waals surface area contributed by atoms with E-state index in [1.807, 2.05) is 43.0 Å². The van der Waals surface area contributed by atoms with Gasteiger partial charge in [0.1, 0.15) is 11.5 Å². The molecule has 0 spiro atoms. The molecule has 2 heterocycles. The Labute approximate surface area is 174 Å². The van der Waals surface area contributed by atoms with Gasteiger partial charge >= 0.3 is 0 Å². The molecule has 2 aromatic rings. The van der Waals surface area contributed by atoms with Crippen LogP contribution in [0.5, 0.6) is 5.75 Å². The number of likely N-dealkylation sites (tertiary alicyclic amines) is 1. The van der Waals surface area contributed by atoms with Crippen LogP contribution in [0.1, 0.15) is 44.9 Å². The summed E-state index contributed by atoms with van der Waals surface area (Å²) in [6.45, 7) is 11.6. The minimum atomic E-state index is 0.00253. The molecule has 1 saturated heterocycles. The molecule has 5 nitrogen and oxygen atoms in total. The Hall–Kier alpha value is -2.27. The van der Waals surface area contributed by atoms with Crippen molar-refractivity contribution in [2.75, 3.05) is 26.7 Å². The number of ether oxygens (including phenoxy) is 1. The maximum absolute atomic E-state index is 12.8. The maximum Gasteiger partial charge on any atom is 0.225 e. The average Bonchev–Trinajstić information content (AvgIpc) is 3.35. The molecule has 1 amide bonds. The predicted molar refractivity (Wildman–Crippen MR) is 115 cm³/mol. The summed E-state index contributed by atoms with van der Waals surface area (Å²) in [5, 5.41) is 0. The molecule has 2 atom stereocenters. The van der Waals surface area contributed by atoms with Crippen molar-refractivity contribution in [2.45, 2.75) is 46.2 Å². The molecule has 0 N–H and O–H groups in total. The lowest BCUT2D eigenvalue weighted by Gasteiger charge is -2.33. The zero-order valence-electron chi connectivity index (χ0n) is 18.3. The first-order chi connectivity index (χ1) is 13.9. The van der Waals surface area contributed by atoms with Gasteiger partial charge in [-0.25, -0.2) is 0 Å². The Morgan fingerprint density at radius 3 is 2.55 bits per heavy atom. The third-order valence-electron chi connectivity index (χ3n) is 5.85. The lowest BCUT2D eigenvalue weighted by atomic mass is 9.87. The van der Waals surface area contributed by atoms with Gasteiger partial charge in [-0.3, -0.25) is 9.69 Å². The summed E-state index contributed by atoms with van der Waals surface area (Å²) in [7, 11) is 1.73. The van der Waals surface area contributed by atoms with E-state index in [9.17, 15) is 4.79 Å². The number of carbonyl (C=O) groups is 1. The van der Waals surface area contributed by atoms with Crippen molar-refractivity contribution >= 4 is 5.91 Å². The minimum absolute atomic E-state index is 0.00253. The summed E-state index contributed by atoms with van der Waals surface area (Å²) in [5.74, 6) is 2.77. The van der Waals surface area contributed by atoms with E-state index in [0.29, 0.717) is 11.8 Å². The van der Waals surface area contributed by atoms with E-state index >= 15 is 0 Å². The van der Waals surface area contributed by atoms with E-state index in [1.54, 1.807) is 13.4 Å². The van der Waals surface area contributed by atoms with Crippen molar-refractivity contribution in [2.24, 2.45) is 11.8 Å². The number of furan rings is 1. The highest BCUT2D eigenvalue weighted by Crippen LogP contribution is 2.38. The van der Waals surface area contributed by atoms with E-state index in [2.05, 4.69) is 30.9 Å². The van der Waals surface area contributed by atoms with Crippen LogP contribution in [0, 0.1) is 11.8 Å². The zero-order valence-corrected chi connectivity index (χ0v) is 18.3. The van der Waals surface area contributed by atoms with Crippen LogP contribution in [0.4, 0.5) is 0 Å². The third-order valence-corrected chi connectivity index (χ3v) is 5.85. The number of amides is 1. The first kappa shape index (κ1) is 21.4. The number of nitrogens with zero attached hydrogens (tertiary/aromatic N) is 2. The molecule has 3 rings (SSSR count). The number of benzene rings is 1. The number of para-hydroxylation sites is 1. The fourth-order valence-electron chi connectivity index (χ4n) is 4.36. The number of carbonyl (C=O) groups excluding carboxylic acids is 1. The maximum atomic E-state index is 12.8. The minimum Gasteiger partial charge on any atom is -0.496 e. The summed E-state index contributed by atoms with van der Waals surface area (Å²) >= 11 is 0. The average molecular weight is 399 g/mol. The predicted octanol–water partition coefficient (Wildman–Crippen LogP) is 4.40. The number of methoxy groups -OCH3 is 1. The Kier molecular flexibility index (Phi) is 7.01. The molecule has 158 valence electrons. The van der Waals surface area contributed by atoms with Gasteiger partial charge in [0, 0.05) is 37.5 Å². The van der Waals surface area contributed by atoms with Gasteiger partial charge < -0.3 is 14.1 Å². The van der Waals surface area contributed by atoms with Crippen LogP contribution < -0.4 is 4.74 Å². The molecule has 0 bridgehead atoms. The molecule has 29 heavy (non-hydrogen) atoms. The van der Waals surface area contributed by atoms with E-state index in [1.165, 1.54) is 5.56 Å². The van der Waals surface area contributed by atoms with Gasteiger partial charge in [0.2, 0.25) is 5.91 Å². The largest absolute Gasteiger partial charge is 0.496 e. The number of hydrogen-bond donors (Lipinski definition) is 0. The first-order valence-corrected chi connectivity index (χ1v) is 10.6. The van der Waals surface area contributed by atoms with Crippen molar-refractivity contribution in [3.05, 3.63) is 54.0 Å². The quantitative estimate of drug-likeness (QED) is 0.661. The molecule has 1 aromatic carbocycles. The van der Waals surface area contributed by atoms with Gasteiger partial charge in [-0.05, 0) is 43.5 Å². The molecule has 5 heteroatoms. The lowest BCUT2D eigenvalue weighted by Crippen LogP contribution is -2.43. The fourth-order valence-corrected chi connectivity index (χ4v) is 4.36. The molecule has 0 saturated carbocycles. The molecule has 1 aromatic heterocycles. The highest BCUT2D eigenvalue weighted by Gasteiger charge is 2.38. The molecule has 2 unspecified atom stereocenters. The Bertz CT molecular complexity index is 785. The smallest absolute Gasteiger partial charge is 0.225 e. The lowest BCUT2D eigenvalue weighted by molar-refractivity contribution is -0.136. The van der Waals surface area contributed by atoms with E-state index < -0.39 is 0 Å². The van der Waals surface area contributed by atoms with Crippen LogP contribution in [-0.4, -0.2) is 48.5 Å². The van der Waals surface area contributed by atoms with Crippen LogP contribution in [0.15, 0.2) is 47.1 Å². The van der Waals surface area contributed by atoms with Crippen molar-refractivity contribution in [3.8, 4) is 5.75 Å². The molecule has 1 aliphatic heterocycles. The Balaban J connectivity index is 1.86. The normalized spacial score (nSPS) is 19.8. The number of hydrogen-bond acceptors (Lipinski definition) is 4. The van der Waals surface area contributed by atoms with Crippen molar-refractivity contribution in [1.29, 1.82) is 0 Å². The molecule has 0 radical (unpaired) electrons. The Morgan fingerprint density at radius 2 is 1.93 bits per heavy atom. The van der Waals surface area contributed by atoms with Crippen molar-refractivity contribution in [1.82, 2.24) is 9.80 Å². The second-order valence-electron chi connectivity index (χ2n) is 8.62. The summed E-state index contributed by atoms with van der Waals surface area (Å²) in [6, 6.07) is 12.4. The van der Waals surface area contributed by atoms with Crippen LogP contribution in [0.25, 0.3) is 0 Å². The fraction of sp³-hybridized carbons (Fsp3) is 0.542. The van der Waals surface area contributed by atoms with E-state index in [0.717, 1.165) is 37.7 Å². The monoisotopic (exact) mass is 398 g/mol. The van der Waals surface area contributed by atoms with Crippen LogP contribution in [-0.2, 0) is 11.3 Å². The van der Waals surface area contributed by atoms with Crippen LogP contribution in [0.3, 0.4) is 0 Å².